The number of aromatic nitrogens is 1. The van der Waals surface area contributed by atoms with Crippen LogP contribution in [-0.4, -0.2) is 11.6 Å². The molecule has 0 aliphatic rings. The van der Waals surface area contributed by atoms with E-state index in [9.17, 15) is 8.78 Å². The van der Waals surface area contributed by atoms with Crippen molar-refractivity contribution in [1.82, 2.24) is 4.98 Å². The van der Waals surface area contributed by atoms with Gasteiger partial charge in [0.05, 0.1) is 11.4 Å². The van der Waals surface area contributed by atoms with Gasteiger partial charge in [0, 0.05) is 12.2 Å². The molecule has 1 N–H and O–H groups in total. The van der Waals surface area contributed by atoms with Crippen LogP contribution in [0.1, 0.15) is 17.0 Å². The molecule has 2 rings (SSSR count). The number of nitrogens with zero attached hydrogens (tertiary/aromatic N) is 1. The van der Waals surface area contributed by atoms with Gasteiger partial charge < -0.3 is 10.1 Å². The van der Waals surface area contributed by atoms with Crippen LogP contribution in [0, 0.1) is 13.8 Å². The molecule has 0 fully saturated rings. The van der Waals surface area contributed by atoms with Gasteiger partial charge in [0.25, 0.3) is 0 Å². The Labute approximate surface area is 116 Å². The first-order valence-corrected chi connectivity index (χ1v) is 6.26. The molecule has 1 aromatic heterocycles. The average Bonchev–Trinajstić information content (AvgIpc) is 2.39. The zero-order valence-electron chi connectivity index (χ0n) is 11.4. The Balaban J connectivity index is 1.96. The van der Waals surface area contributed by atoms with E-state index in [0.717, 1.165) is 22.6 Å². The van der Waals surface area contributed by atoms with Gasteiger partial charge >= 0.3 is 6.61 Å². The highest BCUT2D eigenvalue weighted by atomic mass is 19.3. The van der Waals surface area contributed by atoms with Crippen LogP contribution in [-0.2, 0) is 6.54 Å². The first kappa shape index (κ1) is 14.2. The lowest BCUT2D eigenvalue weighted by Gasteiger charge is -2.10. The van der Waals surface area contributed by atoms with Crippen molar-refractivity contribution in [3.8, 4) is 5.75 Å². The number of hydrogen-bond acceptors (Lipinski definition) is 3. The van der Waals surface area contributed by atoms with Crippen molar-refractivity contribution < 1.29 is 13.5 Å². The number of rotatable bonds is 5. The Morgan fingerprint density at radius 2 is 1.80 bits per heavy atom. The smallest absolute Gasteiger partial charge is 0.387 e. The molecule has 1 aromatic carbocycles. The molecule has 0 radical (unpaired) electrons. The van der Waals surface area contributed by atoms with Gasteiger partial charge in [-0.25, -0.2) is 0 Å². The number of benzene rings is 1. The van der Waals surface area contributed by atoms with Gasteiger partial charge in [-0.15, -0.1) is 0 Å². The zero-order valence-corrected chi connectivity index (χ0v) is 11.4. The molecular weight excluding hydrogens is 262 g/mol. The van der Waals surface area contributed by atoms with Gasteiger partial charge in [0.15, 0.2) is 0 Å². The van der Waals surface area contributed by atoms with Crippen molar-refractivity contribution in [2.45, 2.75) is 27.0 Å². The fourth-order valence-electron chi connectivity index (χ4n) is 1.86. The molecular formula is C15H16F2N2O. The maximum atomic E-state index is 12.0. The summed E-state index contributed by atoms with van der Waals surface area (Å²) >= 11 is 0. The number of alkyl halides is 2. The molecule has 3 nitrogen and oxygen atoms in total. The minimum atomic E-state index is -2.79. The monoisotopic (exact) mass is 278 g/mol. The summed E-state index contributed by atoms with van der Waals surface area (Å²) in [6.07, 6.45) is 0. The third-order valence-corrected chi connectivity index (χ3v) is 2.86. The number of pyridine rings is 1. The van der Waals surface area contributed by atoms with Crippen molar-refractivity contribution in [1.29, 1.82) is 0 Å². The molecule has 0 spiro atoms. The van der Waals surface area contributed by atoms with Gasteiger partial charge in [-0.3, -0.25) is 4.98 Å². The lowest BCUT2D eigenvalue weighted by Crippen LogP contribution is -2.04. The maximum Gasteiger partial charge on any atom is 0.387 e. The Hall–Kier alpha value is -2.17. The topological polar surface area (TPSA) is 34.1 Å². The Morgan fingerprint density at radius 3 is 2.40 bits per heavy atom. The second-order valence-corrected chi connectivity index (χ2v) is 4.46. The van der Waals surface area contributed by atoms with E-state index in [1.807, 2.05) is 26.0 Å². The minimum absolute atomic E-state index is 0.164. The lowest BCUT2D eigenvalue weighted by atomic mass is 10.2. The average molecular weight is 278 g/mol. The number of anilines is 1. The van der Waals surface area contributed by atoms with E-state index in [1.165, 1.54) is 12.1 Å². The highest BCUT2D eigenvalue weighted by Crippen LogP contribution is 2.17. The number of aryl methyl sites for hydroxylation is 2. The van der Waals surface area contributed by atoms with Crippen LogP contribution in [0.3, 0.4) is 0 Å². The van der Waals surface area contributed by atoms with Crippen LogP contribution in [0.15, 0.2) is 36.4 Å². The van der Waals surface area contributed by atoms with Crippen LogP contribution < -0.4 is 10.1 Å². The SMILES string of the molecule is Cc1ccc(NCc2ccc(OC(F)F)cc2)c(C)n1. The summed E-state index contributed by atoms with van der Waals surface area (Å²) in [5.74, 6) is 0.164. The summed E-state index contributed by atoms with van der Waals surface area (Å²) < 4.78 is 28.4. The third-order valence-electron chi connectivity index (χ3n) is 2.86. The highest BCUT2D eigenvalue weighted by molar-refractivity contribution is 5.48. The van der Waals surface area contributed by atoms with Crippen LogP contribution in [0.5, 0.6) is 5.75 Å². The van der Waals surface area contributed by atoms with Gasteiger partial charge in [-0.1, -0.05) is 12.1 Å². The molecule has 0 saturated heterocycles. The van der Waals surface area contributed by atoms with Crippen LogP contribution in [0.4, 0.5) is 14.5 Å². The normalized spacial score (nSPS) is 10.7. The number of halogens is 2. The third kappa shape index (κ3) is 3.91. The molecule has 2 aromatic rings. The predicted molar refractivity (Wildman–Crippen MR) is 74.1 cm³/mol. The van der Waals surface area contributed by atoms with E-state index in [-0.39, 0.29) is 5.75 Å². The summed E-state index contributed by atoms with van der Waals surface area (Å²) in [6, 6.07) is 10.5. The van der Waals surface area contributed by atoms with Crippen molar-refractivity contribution in [3.05, 3.63) is 53.3 Å². The zero-order chi connectivity index (χ0) is 14.5. The summed E-state index contributed by atoms with van der Waals surface area (Å²) in [4.78, 5) is 4.37. The van der Waals surface area contributed by atoms with Crippen molar-refractivity contribution >= 4 is 5.69 Å². The molecule has 0 unspecified atom stereocenters. The number of ether oxygens (including phenoxy) is 1. The number of nitrogens with one attached hydrogen (secondary N) is 1. The summed E-state index contributed by atoms with van der Waals surface area (Å²) in [5.41, 5.74) is 3.85. The second kappa shape index (κ2) is 6.32. The predicted octanol–water partition coefficient (Wildman–Crippen LogP) is 3.91. The summed E-state index contributed by atoms with van der Waals surface area (Å²) in [6.45, 7) is 1.69. The van der Waals surface area contributed by atoms with E-state index in [4.69, 9.17) is 0 Å². The standard InChI is InChI=1S/C15H16F2N2O/c1-10-3-8-14(11(2)19-10)18-9-12-4-6-13(7-5-12)20-15(16)17/h3-8,15,18H,9H2,1-2H3. The van der Waals surface area contributed by atoms with E-state index < -0.39 is 6.61 Å². The molecule has 0 atom stereocenters. The molecule has 0 saturated carbocycles. The van der Waals surface area contributed by atoms with Crippen LogP contribution in [0.25, 0.3) is 0 Å². The Morgan fingerprint density at radius 1 is 1.10 bits per heavy atom. The molecule has 106 valence electrons. The van der Waals surface area contributed by atoms with Crippen molar-refractivity contribution in [2.75, 3.05) is 5.32 Å². The lowest BCUT2D eigenvalue weighted by molar-refractivity contribution is -0.0498. The Bertz CT molecular complexity index is 571. The van der Waals surface area contributed by atoms with Crippen molar-refractivity contribution in [3.63, 3.8) is 0 Å². The molecule has 0 aliphatic carbocycles. The number of hydrogen-bond donors (Lipinski definition) is 1. The first-order valence-electron chi connectivity index (χ1n) is 6.26. The molecule has 0 bridgehead atoms. The highest BCUT2D eigenvalue weighted by Gasteiger charge is 2.04. The maximum absolute atomic E-state index is 12.0. The van der Waals surface area contributed by atoms with E-state index >= 15 is 0 Å². The fourth-order valence-corrected chi connectivity index (χ4v) is 1.86. The van der Waals surface area contributed by atoms with Crippen LogP contribution >= 0.6 is 0 Å². The quantitative estimate of drug-likeness (QED) is 0.900. The largest absolute Gasteiger partial charge is 0.435 e. The van der Waals surface area contributed by atoms with Gasteiger partial charge in [0.1, 0.15) is 5.75 Å². The van der Waals surface area contributed by atoms with E-state index in [0.29, 0.717) is 6.54 Å². The van der Waals surface area contributed by atoms with E-state index in [1.54, 1.807) is 12.1 Å². The summed E-state index contributed by atoms with van der Waals surface area (Å²) in [7, 11) is 0. The minimum Gasteiger partial charge on any atom is -0.435 e. The van der Waals surface area contributed by atoms with Gasteiger partial charge in [-0.05, 0) is 43.7 Å². The Kier molecular flexibility index (Phi) is 4.50. The molecule has 20 heavy (non-hydrogen) atoms. The van der Waals surface area contributed by atoms with E-state index in [2.05, 4.69) is 15.0 Å². The second-order valence-electron chi connectivity index (χ2n) is 4.46. The van der Waals surface area contributed by atoms with Crippen LogP contribution in [0.2, 0.25) is 0 Å². The molecule has 0 aliphatic heterocycles. The molecule has 1 heterocycles. The van der Waals surface area contributed by atoms with Gasteiger partial charge in [-0.2, -0.15) is 8.78 Å². The first-order chi connectivity index (χ1) is 9.54. The molecule has 0 amide bonds. The van der Waals surface area contributed by atoms with Crippen molar-refractivity contribution in [2.24, 2.45) is 0 Å². The molecule has 5 heteroatoms. The summed E-state index contributed by atoms with van der Waals surface area (Å²) in [5, 5.41) is 3.27. The van der Waals surface area contributed by atoms with Gasteiger partial charge in [0.2, 0.25) is 0 Å². The fraction of sp³-hybridized carbons (Fsp3) is 0.267.